The molecular formula is C7H12N2O. The van der Waals surface area contributed by atoms with E-state index in [4.69, 9.17) is 0 Å². The summed E-state index contributed by atoms with van der Waals surface area (Å²) in [6, 6.07) is 0. The van der Waals surface area contributed by atoms with E-state index in [0.29, 0.717) is 6.42 Å². The molecule has 0 amide bonds. The van der Waals surface area contributed by atoms with Crippen molar-refractivity contribution in [3.8, 4) is 0 Å². The van der Waals surface area contributed by atoms with Crippen LogP contribution in [0.4, 0.5) is 0 Å². The first-order chi connectivity index (χ1) is 4.58. The van der Waals surface area contributed by atoms with Gasteiger partial charge in [0.25, 0.3) is 0 Å². The van der Waals surface area contributed by atoms with Gasteiger partial charge in [-0.05, 0) is 19.4 Å². The second kappa shape index (κ2) is 2.42. The van der Waals surface area contributed by atoms with Crippen molar-refractivity contribution in [3.05, 3.63) is 18.0 Å². The largest absolute Gasteiger partial charge is 0.390 e. The van der Waals surface area contributed by atoms with Gasteiger partial charge in [0.2, 0.25) is 0 Å². The van der Waals surface area contributed by atoms with Crippen molar-refractivity contribution in [1.29, 1.82) is 0 Å². The highest BCUT2D eigenvalue weighted by molar-refractivity contribution is 5.05. The Labute approximate surface area is 60.1 Å². The molecule has 0 aliphatic rings. The van der Waals surface area contributed by atoms with E-state index in [1.165, 1.54) is 0 Å². The fourth-order valence-corrected chi connectivity index (χ4v) is 0.874. The monoisotopic (exact) mass is 140 g/mol. The maximum Gasteiger partial charge on any atom is 0.0633 e. The maximum atomic E-state index is 9.35. The Morgan fingerprint density at radius 1 is 1.70 bits per heavy atom. The summed E-state index contributed by atoms with van der Waals surface area (Å²) in [6.45, 7) is 3.56. The Balaban J connectivity index is 2.57. The van der Waals surface area contributed by atoms with E-state index in [-0.39, 0.29) is 0 Å². The van der Waals surface area contributed by atoms with Gasteiger partial charge in [0.15, 0.2) is 0 Å². The van der Waals surface area contributed by atoms with Gasteiger partial charge in [0.05, 0.1) is 11.8 Å². The number of hydrogen-bond acceptors (Lipinski definition) is 2. The average Bonchev–Trinajstić information content (AvgIpc) is 2.12. The molecule has 56 valence electrons. The minimum Gasteiger partial charge on any atom is -0.390 e. The molecule has 0 spiro atoms. The van der Waals surface area contributed by atoms with Crippen LogP contribution in [0.3, 0.4) is 0 Å². The Morgan fingerprint density at radius 2 is 2.40 bits per heavy atom. The molecule has 1 heterocycles. The highest BCUT2D eigenvalue weighted by Crippen LogP contribution is 2.09. The molecule has 0 aromatic carbocycles. The Kier molecular flexibility index (Phi) is 1.76. The smallest absolute Gasteiger partial charge is 0.0633 e. The number of rotatable bonds is 2. The molecule has 1 aromatic rings. The van der Waals surface area contributed by atoms with E-state index in [0.717, 1.165) is 5.56 Å². The second-order valence-corrected chi connectivity index (χ2v) is 3.10. The summed E-state index contributed by atoms with van der Waals surface area (Å²) >= 11 is 0. The number of hydrogen-bond donors (Lipinski definition) is 2. The van der Waals surface area contributed by atoms with Crippen molar-refractivity contribution in [2.75, 3.05) is 0 Å². The van der Waals surface area contributed by atoms with Gasteiger partial charge in [-0.3, -0.25) is 5.10 Å². The van der Waals surface area contributed by atoms with E-state index in [9.17, 15) is 5.11 Å². The van der Waals surface area contributed by atoms with Gasteiger partial charge in [0.1, 0.15) is 0 Å². The molecule has 3 nitrogen and oxygen atoms in total. The molecule has 0 aliphatic carbocycles. The zero-order valence-electron chi connectivity index (χ0n) is 6.26. The number of H-pyrrole nitrogens is 1. The fourth-order valence-electron chi connectivity index (χ4n) is 0.874. The third-order valence-corrected chi connectivity index (χ3v) is 1.19. The van der Waals surface area contributed by atoms with Crippen LogP contribution in [0.15, 0.2) is 12.4 Å². The average molecular weight is 140 g/mol. The highest BCUT2D eigenvalue weighted by Gasteiger charge is 2.13. The third-order valence-electron chi connectivity index (χ3n) is 1.19. The molecule has 0 atom stereocenters. The van der Waals surface area contributed by atoms with Gasteiger partial charge in [-0.1, -0.05) is 0 Å². The minimum absolute atomic E-state index is 0.635. The standard InChI is InChI=1S/C7H12N2O/c1-7(2,10)3-6-4-8-9-5-6/h4-5,10H,3H2,1-2H3,(H,8,9). The SMILES string of the molecule is CC(C)(O)Cc1cn[nH]c1. The number of aromatic nitrogens is 2. The normalized spacial score (nSPS) is 11.9. The van der Waals surface area contributed by atoms with Gasteiger partial charge in [0, 0.05) is 12.6 Å². The Hall–Kier alpha value is -0.830. The van der Waals surface area contributed by atoms with Crippen molar-refractivity contribution < 1.29 is 5.11 Å². The van der Waals surface area contributed by atoms with Crippen LogP contribution in [-0.2, 0) is 6.42 Å². The lowest BCUT2D eigenvalue weighted by Gasteiger charge is -2.14. The van der Waals surface area contributed by atoms with Crippen LogP contribution in [0.25, 0.3) is 0 Å². The first-order valence-corrected chi connectivity index (χ1v) is 3.28. The Morgan fingerprint density at radius 3 is 2.80 bits per heavy atom. The molecule has 1 aromatic heterocycles. The zero-order chi connectivity index (χ0) is 7.61. The number of nitrogens with zero attached hydrogens (tertiary/aromatic N) is 1. The quantitative estimate of drug-likeness (QED) is 0.636. The van der Waals surface area contributed by atoms with Crippen molar-refractivity contribution >= 4 is 0 Å². The van der Waals surface area contributed by atoms with Crippen LogP contribution in [0.1, 0.15) is 19.4 Å². The molecule has 0 bridgehead atoms. The van der Waals surface area contributed by atoms with Gasteiger partial charge in [-0.25, -0.2) is 0 Å². The van der Waals surface area contributed by atoms with Crippen LogP contribution < -0.4 is 0 Å². The predicted molar refractivity (Wildman–Crippen MR) is 38.6 cm³/mol. The zero-order valence-corrected chi connectivity index (χ0v) is 6.26. The molecule has 0 saturated carbocycles. The van der Waals surface area contributed by atoms with Gasteiger partial charge < -0.3 is 5.11 Å². The summed E-state index contributed by atoms with van der Waals surface area (Å²) in [7, 11) is 0. The van der Waals surface area contributed by atoms with Crippen LogP contribution in [0.2, 0.25) is 0 Å². The van der Waals surface area contributed by atoms with Crippen molar-refractivity contribution in [1.82, 2.24) is 10.2 Å². The lowest BCUT2D eigenvalue weighted by molar-refractivity contribution is 0.0810. The Bertz CT molecular complexity index is 186. The molecule has 1 rings (SSSR count). The first kappa shape index (κ1) is 7.28. The van der Waals surface area contributed by atoms with E-state index in [1.807, 2.05) is 0 Å². The first-order valence-electron chi connectivity index (χ1n) is 3.28. The van der Waals surface area contributed by atoms with Crippen molar-refractivity contribution in [3.63, 3.8) is 0 Å². The number of nitrogens with one attached hydrogen (secondary N) is 1. The van der Waals surface area contributed by atoms with E-state index in [2.05, 4.69) is 10.2 Å². The number of aliphatic hydroxyl groups is 1. The third kappa shape index (κ3) is 2.19. The second-order valence-electron chi connectivity index (χ2n) is 3.10. The molecule has 0 aliphatic heterocycles. The molecule has 0 fully saturated rings. The summed E-state index contributed by atoms with van der Waals surface area (Å²) < 4.78 is 0. The van der Waals surface area contributed by atoms with Crippen molar-refractivity contribution in [2.24, 2.45) is 0 Å². The van der Waals surface area contributed by atoms with E-state index in [1.54, 1.807) is 26.2 Å². The van der Waals surface area contributed by atoms with Crippen LogP contribution in [-0.4, -0.2) is 20.9 Å². The predicted octanol–water partition coefficient (Wildman–Crippen LogP) is 0.723. The highest BCUT2D eigenvalue weighted by atomic mass is 16.3. The molecule has 2 N–H and O–H groups in total. The molecule has 0 unspecified atom stereocenters. The molecular weight excluding hydrogens is 128 g/mol. The molecule has 3 heteroatoms. The lowest BCUT2D eigenvalue weighted by atomic mass is 10.0. The summed E-state index contributed by atoms with van der Waals surface area (Å²) in [5.41, 5.74) is 0.400. The molecule has 0 saturated heterocycles. The van der Waals surface area contributed by atoms with Crippen LogP contribution >= 0.6 is 0 Å². The van der Waals surface area contributed by atoms with Gasteiger partial charge in [-0.2, -0.15) is 5.10 Å². The maximum absolute atomic E-state index is 9.35. The molecule has 0 radical (unpaired) electrons. The summed E-state index contributed by atoms with van der Waals surface area (Å²) in [4.78, 5) is 0. The van der Waals surface area contributed by atoms with Gasteiger partial charge >= 0.3 is 0 Å². The van der Waals surface area contributed by atoms with Crippen LogP contribution in [0, 0.1) is 0 Å². The topological polar surface area (TPSA) is 48.9 Å². The van der Waals surface area contributed by atoms with Crippen molar-refractivity contribution in [2.45, 2.75) is 25.9 Å². The number of aromatic amines is 1. The minimum atomic E-state index is -0.635. The lowest BCUT2D eigenvalue weighted by Crippen LogP contribution is -2.21. The van der Waals surface area contributed by atoms with Crippen LogP contribution in [0.5, 0.6) is 0 Å². The van der Waals surface area contributed by atoms with E-state index < -0.39 is 5.60 Å². The summed E-state index contributed by atoms with van der Waals surface area (Å²) in [5.74, 6) is 0. The summed E-state index contributed by atoms with van der Waals surface area (Å²) in [6.07, 6.45) is 4.15. The summed E-state index contributed by atoms with van der Waals surface area (Å²) in [5, 5.41) is 15.8. The fraction of sp³-hybridized carbons (Fsp3) is 0.571. The molecule has 10 heavy (non-hydrogen) atoms. The van der Waals surface area contributed by atoms with E-state index >= 15 is 0 Å². The van der Waals surface area contributed by atoms with Gasteiger partial charge in [-0.15, -0.1) is 0 Å².